The molecule has 3 rings (SSSR count). The number of carbonyl (C=O) groups is 2. The first-order chi connectivity index (χ1) is 14.0. The van der Waals surface area contributed by atoms with Gasteiger partial charge in [-0.1, -0.05) is 48.5 Å². The van der Waals surface area contributed by atoms with E-state index in [2.05, 4.69) is 21.1 Å². The van der Waals surface area contributed by atoms with E-state index in [1.165, 1.54) is 12.1 Å². The maximum absolute atomic E-state index is 12.1. The van der Waals surface area contributed by atoms with E-state index in [1.807, 2.05) is 62.4 Å². The van der Waals surface area contributed by atoms with Crippen LogP contribution in [-0.4, -0.2) is 24.2 Å². The lowest BCUT2D eigenvalue weighted by atomic mass is 10.1. The van der Waals surface area contributed by atoms with E-state index in [1.54, 1.807) is 12.4 Å². The molecule has 0 saturated carbocycles. The standard InChI is InChI=1S/C22H20N4O3/c1-15-7-3-5-9-17(15)13-23-25-21(27)19-11-12-20(29-19)22(28)26-24-14-18-10-6-4-8-16(18)2/h3-14H,1-2H3,(H,25,27)(H,26,28)/b23-13+,24-14+. The zero-order valence-corrected chi connectivity index (χ0v) is 16.0. The third kappa shape index (κ3) is 5.26. The third-order valence-electron chi connectivity index (χ3n) is 4.17. The van der Waals surface area contributed by atoms with Gasteiger partial charge >= 0.3 is 11.8 Å². The van der Waals surface area contributed by atoms with Gasteiger partial charge in [-0.25, -0.2) is 10.9 Å². The first kappa shape index (κ1) is 19.8. The van der Waals surface area contributed by atoms with Crippen molar-refractivity contribution in [3.05, 3.63) is 94.4 Å². The van der Waals surface area contributed by atoms with Gasteiger partial charge in [0.1, 0.15) is 0 Å². The zero-order chi connectivity index (χ0) is 20.6. The Bertz CT molecular complexity index is 999. The minimum Gasteiger partial charge on any atom is -0.446 e. The van der Waals surface area contributed by atoms with E-state index in [-0.39, 0.29) is 11.5 Å². The topological polar surface area (TPSA) is 96.1 Å². The summed E-state index contributed by atoms with van der Waals surface area (Å²) in [6.45, 7) is 3.89. The Labute approximate surface area is 168 Å². The Kier molecular flexibility index (Phi) is 6.32. The highest BCUT2D eigenvalue weighted by molar-refractivity contribution is 5.96. The fourth-order valence-corrected chi connectivity index (χ4v) is 2.48. The molecule has 0 radical (unpaired) electrons. The monoisotopic (exact) mass is 388 g/mol. The minimum atomic E-state index is -0.558. The van der Waals surface area contributed by atoms with Crippen LogP contribution in [0.4, 0.5) is 0 Å². The van der Waals surface area contributed by atoms with Crippen LogP contribution in [0.3, 0.4) is 0 Å². The number of amides is 2. The SMILES string of the molecule is Cc1ccccc1/C=N/NC(=O)c1ccc(C(=O)N/N=C/c2ccccc2C)o1. The average Bonchev–Trinajstić information content (AvgIpc) is 3.21. The molecule has 2 amide bonds. The fraction of sp³-hybridized carbons (Fsp3) is 0.0909. The summed E-state index contributed by atoms with van der Waals surface area (Å²) in [6, 6.07) is 18.1. The predicted octanol–water partition coefficient (Wildman–Crippen LogP) is 3.42. The van der Waals surface area contributed by atoms with Crippen molar-refractivity contribution < 1.29 is 14.0 Å². The van der Waals surface area contributed by atoms with Gasteiger partial charge < -0.3 is 4.42 Å². The van der Waals surface area contributed by atoms with E-state index >= 15 is 0 Å². The quantitative estimate of drug-likeness (QED) is 0.500. The van der Waals surface area contributed by atoms with Crippen LogP contribution in [0.2, 0.25) is 0 Å². The Morgan fingerprint density at radius 3 is 1.55 bits per heavy atom. The second kappa shape index (κ2) is 9.27. The molecule has 0 unspecified atom stereocenters. The van der Waals surface area contributed by atoms with Gasteiger partial charge in [0.15, 0.2) is 11.5 Å². The second-order valence-electron chi connectivity index (χ2n) is 6.28. The van der Waals surface area contributed by atoms with Crippen LogP contribution >= 0.6 is 0 Å². The van der Waals surface area contributed by atoms with Crippen molar-refractivity contribution >= 4 is 24.2 Å². The van der Waals surface area contributed by atoms with Gasteiger partial charge in [-0.3, -0.25) is 9.59 Å². The van der Waals surface area contributed by atoms with Gasteiger partial charge in [-0.2, -0.15) is 10.2 Å². The number of nitrogens with zero attached hydrogens (tertiary/aromatic N) is 2. The van der Waals surface area contributed by atoms with Gasteiger partial charge in [-0.15, -0.1) is 0 Å². The molecule has 0 spiro atoms. The van der Waals surface area contributed by atoms with Gasteiger partial charge in [0.25, 0.3) is 0 Å². The van der Waals surface area contributed by atoms with Crippen molar-refractivity contribution in [2.24, 2.45) is 10.2 Å². The molecule has 0 atom stereocenters. The number of nitrogens with one attached hydrogen (secondary N) is 2. The van der Waals surface area contributed by atoms with E-state index < -0.39 is 11.8 Å². The average molecular weight is 388 g/mol. The van der Waals surface area contributed by atoms with Crippen LogP contribution in [0.25, 0.3) is 0 Å². The number of hydrogen-bond donors (Lipinski definition) is 2. The molecule has 2 aromatic carbocycles. The number of hydrogen-bond acceptors (Lipinski definition) is 5. The molecule has 29 heavy (non-hydrogen) atoms. The highest BCUT2D eigenvalue weighted by Gasteiger charge is 2.15. The molecular weight excluding hydrogens is 368 g/mol. The van der Waals surface area contributed by atoms with Crippen LogP contribution in [0, 0.1) is 13.8 Å². The summed E-state index contributed by atoms with van der Waals surface area (Å²) < 4.78 is 5.29. The molecule has 1 aromatic heterocycles. The summed E-state index contributed by atoms with van der Waals surface area (Å²) >= 11 is 0. The Hall–Kier alpha value is -4.00. The Morgan fingerprint density at radius 2 is 1.14 bits per heavy atom. The number of carbonyl (C=O) groups excluding carboxylic acids is 2. The molecule has 3 aromatic rings. The van der Waals surface area contributed by atoms with E-state index in [0.717, 1.165) is 22.3 Å². The number of furan rings is 1. The summed E-state index contributed by atoms with van der Waals surface area (Å²) in [7, 11) is 0. The first-order valence-electron chi connectivity index (χ1n) is 8.92. The van der Waals surface area contributed by atoms with Crippen LogP contribution in [0.15, 0.2) is 75.3 Å². The summed E-state index contributed by atoms with van der Waals surface area (Å²) in [5.74, 6) is -1.17. The molecule has 1 heterocycles. The van der Waals surface area contributed by atoms with Gasteiger partial charge in [-0.05, 0) is 48.2 Å². The van der Waals surface area contributed by atoms with E-state index in [0.29, 0.717) is 0 Å². The van der Waals surface area contributed by atoms with Crippen LogP contribution in [-0.2, 0) is 0 Å². The molecule has 146 valence electrons. The molecule has 7 heteroatoms. The maximum Gasteiger partial charge on any atom is 0.307 e. The van der Waals surface area contributed by atoms with Gasteiger partial charge in [0, 0.05) is 0 Å². The van der Waals surface area contributed by atoms with Crippen molar-refractivity contribution in [1.29, 1.82) is 0 Å². The summed E-state index contributed by atoms with van der Waals surface area (Å²) in [4.78, 5) is 24.2. The zero-order valence-electron chi connectivity index (χ0n) is 16.0. The molecular formula is C22H20N4O3. The number of benzene rings is 2. The number of aryl methyl sites for hydroxylation is 2. The fourth-order valence-electron chi connectivity index (χ4n) is 2.48. The van der Waals surface area contributed by atoms with E-state index in [4.69, 9.17) is 4.42 Å². The molecule has 0 saturated heterocycles. The number of hydrazone groups is 2. The largest absolute Gasteiger partial charge is 0.446 e. The molecule has 0 aliphatic heterocycles. The summed E-state index contributed by atoms with van der Waals surface area (Å²) in [6.07, 6.45) is 3.09. The predicted molar refractivity (Wildman–Crippen MR) is 111 cm³/mol. The van der Waals surface area contributed by atoms with Crippen molar-refractivity contribution in [3.63, 3.8) is 0 Å². The molecule has 0 bridgehead atoms. The van der Waals surface area contributed by atoms with Crippen molar-refractivity contribution in [1.82, 2.24) is 10.9 Å². The minimum absolute atomic E-state index is 0.0278. The van der Waals surface area contributed by atoms with Crippen LogP contribution < -0.4 is 10.9 Å². The normalized spacial score (nSPS) is 11.1. The maximum atomic E-state index is 12.1. The summed E-state index contributed by atoms with van der Waals surface area (Å²) in [5.41, 5.74) is 8.59. The first-order valence-corrected chi connectivity index (χ1v) is 8.92. The van der Waals surface area contributed by atoms with Crippen molar-refractivity contribution in [3.8, 4) is 0 Å². The van der Waals surface area contributed by atoms with Gasteiger partial charge in [0.2, 0.25) is 0 Å². The molecule has 0 fully saturated rings. The lowest BCUT2D eigenvalue weighted by Crippen LogP contribution is -2.18. The summed E-state index contributed by atoms with van der Waals surface area (Å²) in [5, 5.41) is 7.83. The highest BCUT2D eigenvalue weighted by atomic mass is 16.4. The van der Waals surface area contributed by atoms with Gasteiger partial charge in [0.05, 0.1) is 12.4 Å². The molecule has 7 nitrogen and oxygen atoms in total. The second-order valence-corrected chi connectivity index (χ2v) is 6.28. The molecule has 2 N–H and O–H groups in total. The molecule has 0 aliphatic carbocycles. The Morgan fingerprint density at radius 1 is 0.724 bits per heavy atom. The highest BCUT2D eigenvalue weighted by Crippen LogP contribution is 2.08. The smallest absolute Gasteiger partial charge is 0.307 e. The number of rotatable bonds is 6. The molecule has 0 aliphatic rings. The van der Waals surface area contributed by atoms with Crippen LogP contribution in [0.1, 0.15) is 43.4 Å². The van der Waals surface area contributed by atoms with Crippen LogP contribution in [0.5, 0.6) is 0 Å². The van der Waals surface area contributed by atoms with E-state index in [9.17, 15) is 9.59 Å². The lowest BCUT2D eigenvalue weighted by Gasteiger charge is -1.99. The lowest BCUT2D eigenvalue weighted by molar-refractivity contribution is 0.0902. The third-order valence-corrected chi connectivity index (χ3v) is 4.17. The van der Waals surface area contributed by atoms with Crippen molar-refractivity contribution in [2.45, 2.75) is 13.8 Å². The van der Waals surface area contributed by atoms with Crippen molar-refractivity contribution in [2.75, 3.05) is 0 Å². The Balaban J connectivity index is 1.56.